The molecule has 0 saturated carbocycles. The van der Waals surface area contributed by atoms with Gasteiger partial charge in [-0.2, -0.15) is 0 Å². The fourth-order valence-corrected chi connectivity index (χ4v) is 3.32. The summed E-state index contributed by atoms with van der Waals surface area (Å²) in [6.45, 7) is 2.02. The first-order valence-electron chi connectivity index (χ1n) is 8.81. The van der Waals surface area contributed by atoms with E-state index in [2.05, 4.69) is 15.6 Å². The Kier molecular flexibility index (Phi) is 6.06. The van der Waals surface area contributed by atoms with E-state index >= 15 is 0 Å². The van der Waals surface area contributed by atoms with Crippen molar-refractivity contribution in [1.82, 2.24) is 9.88 Å². The first-order valence-corrected chi connectivity index (χ1v) is 9.69. The predicted octanol–water partition coefficient (Wildman–Crippen LogP) is 3.87. The van der Waals surface area contributed by atoms with E-state index in [0.29, 0.717) is 16.9 Å². The number of rotatable bonds is 6. The molecule has 0 bridgehead atoms. The lowest BCUT2D eigenvalue weighted by atomic mass is 10.1. The Bertz CT molecular complexity index is 997. The number of para-hydroxylation sites is 1. The Hall–Kier alpha value is -3.19. The van der Waals surface area contributed by atoms with Crippen LogP contribution in [0.4, 0.5) is 11.4 Å². The van der Waals surface area contributed by atoms with E-state index in [9.17, 15) is 9.59 Å². The topological polar surface area (TPSA) is 74.3 Å². The van der Waals surface area contributed by atoms with Gasteiger partial charge in [0.05, 0.1) is 22.8 Å². The molecule has 6 nitrogen and oxygen atoms in total. The summed E-state index contributed by atoms with van der Waals surface area (Å²) in [6, 6.07) is 14.7. The quantitative estimate of drug-likeness (QED) is 0.666. The van der Waals surface area contributed by atoms with Crippen molar-refractivity contribution in [1.29, 1.82) is 0 Å². The molecule has 0 radical (unpaired) electrons. The third-order valence-electron chi connectivity index (χ3n) is 4.06. The third kappa shape index (κ3) is 4.75. The fourth-order valence-electron chi connectivity index (χ4n) is 2.70. The molecule has 2 aromatic carbocycles. The van der Waals surface area contributed by atoms with Crippen LogP contribution in [0.15, 0.2) is 53.9 Å². The van der Waals surface area contributed by atoms with Crippen LogP contribution in [0.1, 0.15) is 15.4 Å². The molecular weight excluding hydrogens is 372 g/mol. The van der Waals surface area contributed by atoms with E-state index in [1.807, 2.05) is 42.6 Å². The van der Waals surface area contributed by atoms with E-state index in [-0.39, 0.29) is 18.4 Å². The average molecular weight is 395 g/mol. The number of carbonyl (C=O) groups excluding carboxylic acids is 2. The van der Waals surface area contributed by atoms with Crippen molar-refractivity contribution in [3.63, 3.8) is 0 Å². The Labute approximate surface area is 168 Å². The van der Waals surface area contributed by atoms with Gasteiger partial charge in [-0.05, 0) is 31.2 Å². The van der Waals surface area contributed by atoms with Gasteiger partial charge in [0, 0.05) is 36.4 Å². The summed E-state index contributed by atoms with van der Waals surface area (Å²) < 4.78 is 0. The second kappa shape index (κ2) is 8.67. The molecule has 1 heterocycles. The maximum atomic E-state index is 12.4. The minimum absolute atomic E-state index is 0.0533. The first kappa shape index (κ1) is 19.6. The number of amides is 2. The van der Waals surface area contributed by atoms with E-state index < -0.39 is 0 Å². The van der Waals surface area contributed by atoms with Crippen LogP contribution in [-0.2, 0) is 4.79 Å². The predicted molar refractivity (Wildman–Crippen MR) is 114 cm³/mol. The van der Waals surface area contributed by atoms with Gasteiger partial charge in [-0.25, -0.2) is 4.98 Å². The molecule has 1 aromatic heterocycles. The Balaban J connectivity index is 1.65. The van der Waals surface area contributed by atoms with Crippen LogP contribution in [0.5, 0.6) is 0 Å². The van der Waals surface area contributed by atoms with E-state index in [1.165, 1.54) is 4.90 Å². The molecule has 0 unspecified atom stereocenters. The Morgan fingerprint density at radius 1 is 1.11 bits per heavy atom. The molecule has 144 valence electrons. The second-order valence-electron chi connectivity index (χ2n) is 6.48. The largest absolute Gasteiger partial charge is 0.376 e. The lowest BCUT2D eigenvalue weighted by Gasteiger charge is -2.15. The molecule has 28 heavy (non-hydrogen) atoms. The minimum Gasteiger partial charge on any atom is -0.376 e. The van der Waals surface area contributed by atoms with E-state index in [1.54, 1.807) is 43.6 Å². The molecule has 0 aliphatic rings. The first-order chi connectivity index (χ1) is 13.4. The molecule has 7 heteroatoms. The number of hydrogen-bond acceptors (Lipinski definition) is 5. The van der Waals surface area contributed by atoms with E-state index in [0.717, 1.165) is 16.3 Å². The molecule has 0 fully saturated rings. The average Bonchev–Trinajstić information content (AvgIpc) is 3.12. The highest BCUT2D eigenvalue weighted by Crippen LogP contribution is 2.24. The molecule has 0 atom stereocenters. The van der Waals surface area contributed by atoms with Gasteiger partial charge in [0.15, 0.2) is 0 Å². The fraction of sp³-hybridized carbons (Fsp3) is 0.190. The third-order valence-corrected chi connectivity index (χ3v) is 4.84. The van der Waals surface area contributed by atoms with Crippen LogP contribution in [0.2, 0.25) is 0 Å². The van der Waals surface area contributed by atoms with Crippen LogP contribution in [0, 0.1) is 6.92 Å². The number of nitrogens with zero attached hydrogens (tertiary/aromatic N) is 2. The number of hydrogen-bond donors (Lipinski definition) is 2. The van der Waals surface area contributed by atoms with Gasteiger partial charge in [0.1, 0.15) is 0 Å². The van der Waals surface area contributed by atoms with Crippen LogP contribution in [0.3, 0.4) is 0 Å². The van der Waals surface area contributed by atoms with Crippen LogP contribution in [0.25, 0.3) is 11.3 Å². The molecule has 3 rings (SSSR count). The maximum Gasteiger partial charge on any atom is 0.255 e. The van der Waals surface area contributed by atoms with Crippen molar-refractivity contribution in [3.05, 3.63) is 64.5 Å². The standard InChI is InChI=1S/C21H22N4O2S/c1-14-23-19(13-28-14)15-7-6-8-16(11-15)24-20(26)12-22-18-10-5-4-9-17(18)21(27)25(2)3/h4-11,13,22H,12H2,1-3H3,(H,24,26). The van der Waals surface area contributed by atoms with Crippen molar-refractivity contribution in [2.75, 3.05) is 31.3 Å². The summed E-state index contributed by atoms with van der Waals surface area (Å²) in [5.74, 6) is -0.312. The maximum absolute atomic E-state index is 12.4. The summed E-state index contributed by atoms with van der Waals surface area (Å²) in [5.41, 5.74) is 3.71. The number of benzene rings is 2. The summed E-state index contributed by atoms with van der Waals surface area (Å²) in [4.78, 5) is 30.6. The molecular formula is C21H22N4O2S. The molecule has 0 spiro atoms. The van der Waals surface area contributed by atoms with Gasteiger partial charge in [0.25, 0.3) is 5.91 Å². The van der Waals surface area contributed by atoms with Gasteiger partial charge in [-0.3, -0.25) is 9.59 Å². The molecule has 0 aliphatic heterocycles. The number of aryl methyl sites for hydroxylation is 1. The van der Waals surface area contributed by atoms with Crippen molar-refractivity contribution >= 4 is 34.5 Å². The number of anilines is 2. The second-order valence-corrected chi connectivity index (χ2v) is 7.54. The lowest BCUT2D eigenvalue weighted by molar-refractivity contribution is -0.114. The Morgan fingerprint density at radius 3 is 2.61 bits per heavy atom. The summed E-state index contributed by atoms with van der Waals surface area (Å²) in [6.07, 6.45) is 0. The van der Waals surface area contributed by atoms with E-state index in [4.69, 9.17) is 0 Å². The summed E-state index contributed by atoms with van der Waals surface area (Å²) in [5, 5.41) is 8.92. The number of aromatic nitrogens is 1. The zero-order chi connectivity index (χ0) is 20.1. The Morgan fingerprint density at radius 2 is 1.89 bits per heavy atom. The minimum atomic E-state index is -0.196. The van der Waals surface area contributed by atoms with Gasteiger partial charge < -0.3 is 15.5 Å². The number of carbonyl (C=O) groups is 2. The van der Waals surface area contributed by atoms with Crippen LogP contribution < -0.4 is 10.6 Å². The molecule has 0 aliphatic carbocycles. The van der Waals surface area contributed by atoms with Crippen molar-refractivity contribution in [2.45, 2.75) is 6.92 Å². The number of thiazole rings is 1. The molecule has 2 N–H and O–H groups in total. The van der Waals surface area contributed by atoms with Crippen LogP contribution in [-0.4, -0.2) is 42.3 Å². The highest BCUT2D eigenvalue weighted by atomic mass is 32.1. The molecule has 2 amide bonds. The van der Waals surface area contributed by atoms with Gasteiger partial charge in [0.2, 0.25) is 5.91 Å². The van der Waals surface area contributed by atoms with Crippen molar-refractivity contribution in [3.8, 4) is 11.3 Å². The summed E-state index contributed by atoms with van der Waals surface area (Å²) in [7, 11) is 3.39. The normalized spacial score (nSPS) is 10.4. The van der Waals surface area contributed by atoms with Crippen molar-refractivity contribution < 1.29 is 9.59 Å². The van der Waals surface area contributed by atoms with Gasteiger partial charge in [-0.15, -0.1) is 11.3 Å². The zero-order valence-electron chi connectivity index (χ0n) is 16.0. The highest BCUT2D eigenvalue weighted by molar-refractivity contribution is 7.09. The zero-order valence-corrected chi connectivity index (χ0v) is 16.8. The van der Waals surface area contributed by atoms with Gasteiger partial charge in [-0.1, -0.05) is 24.3 Å². The molecule has 3 aromatic rings. The molecule has 0 saturated heterocycles. The highest BCUT2D eigenvalue weighted by Gasteiger charge is 2.13. The summed E-state index contributed by atoms with van der Waals surface area (Å²) >= 11 is 1.59. The van der Waals surface area contributed by atoms with Crippen molar-refractivity contribution in [2.24, 2.45) is 0 Å². The van der Waals surface area contributed by atoms with Gasteiger partial charge >= 0.3 is 0 Å². The smallest absolute Gasteiger partial charge is 0.255 e. The number of nitrogens with one attached hydrogen (secondary N) is 2. The van der Waals surface area contributed by atoms with Crippen LogP contribution >= 0.6 is 11.3 Å². The monoisotopic (exact) mass is 394 g/mol. The lowest BCUT2D eigenvalue weighted by Crippen LogP contribution is -2.25. The SMILES string of the molecule is Cc1nc(-c2cccc(NC(=O)CNc3ccccc3C(=O)N(C)C)c2)cs1.